The Morgan fingerprint density at radius 3 is 2.80 bits per heavy atom. The van der Waals surface area contributed by atoms with Crippen LogP contribution >= 0.6 is 0 Å². The molecule has 5 nitrogen and oxygen atoms in total. The van der Waals surface area contributed by atoms with Gasteiger partial charge in [-0.15, -0.1) is 0 Å². The highest BCUT2D eigenvalue weighted by atomic mass is 16.5. The SMILES string of the molecule is Cc1ccccc1OCC(=O)NCCc1ccc2c(c1)nc(C)n2C. The molecule has 1 heterocycles. The van der Waals surface area contributed by atoms with Crippen molar-refractivity contribution >= 4 is 16.9 Å². The van der Waals surface area contributed by atoms with Crippen LogP contribution in [-0.2, 0) is 18.3 Å². The molecule has 3 rings (SSSR count). The summed E-state index contributed by atoms with van der Waals surface area (Å²) in [5, 5.41) is 2.90. The number of carbonyl (C=O) groups is 1. The van der Waals surface area contributed by atoms with Crippen LogP contribution in [0.3, 0.4) is 0 Å². The van der Waals surface area contributed by atoms with Gasteiger partial charge in [0.1, 0.15) is 11.6 Å². The molecule has 0 aliphatic carbocycles. The van der Waals surface area contributed by atoms with Crippen LogP contribution in [0.15, 0.2) is 42.5 Å². The first-order valence-electron chi connectivity index (χ1n) is 8.41. The van der Waals surface area contributed by atoms with Crippen molar-refractivity contribution in [2.24, 2.45) is 7.05 Å². The number of benzene rings is 2. The van der Waals surface area contributed by atoms with Crippen molar-refractivity contribution in [1.29, 1.82) is 0 Å². The molecule has 0 aliphatic rings. The van der Waals surface area contributed by atoms with Gasteiger partial charge in [0.2, 0.25) is 0 Å². The zero-order valence-corrected chi connectivity index (χ0v) is 14.9. The van der Waals surface area contributed by atoms with Crippen LogP contribution < -0.4 is 10.1 Å². The molecule has 25 heavy (non-hydrogen) atoms. The van der Waals surface area contributed by atoms with E-state index in [0.717, 1.165) is 40.2 Å². The first-order chi connectivity index (χ1) is 12.0. The van der Waals surface area contributed by atoms with Crippen molar-refractivity contribution in [3.8, 4) is 5.75 Å². The molecule has 0 aliphatic heterocycles. The summed E-state index contributed by atoms with van der Waals surface area (Å²) in [4.78, 5) is 16.5. The van der Waals surface area contributed by atoms with E-state index in [1.54, 1.807) is 0 Å². The molecule has 0 atom stereocenters. The lowest BCUT2D eigenvalue weighted by Crippen LogP contribution is -2.30. The number of rotatable bonds is 6. The number of nitrogens with zero attached hydrogens (tertiary/aromatic N) is 2. The molecular weight excluding hydrogens is 314 g/mol. The number of nitrogens with one attached hydrogen (secondary N) is 1. The van der Waals surface area contributed by atoms with Crippen molar-refractivity contribution < 1.29 is 9.53 Å². The van der Waals surface area contributed by atoms with Crippen molar-refractivity contribution in [2.45, 2.75) is 20.3 Å². The lowest BCUT2D eigenvalue weighted by Gasteiger charge is -2.09. The van der Waals surface area contributed by atoms with Crippen LogP contribution in [-0.4, -0.2) is 28.6 Å². The van der Waals surface area contributed by atoms with E-state index in [0.29, 0.717) is 6.54 Å². The number of carbonyl (C=O) groups excluding carboxylic acids is 1. The van der Waals surface area contributed by atoms with Crippen molar-refractivity contribution in [1.82, 2.24) is 14.9 Å². The number of hydrogen-bond donors (Lipinski definition) is 1. The van der Waals surface area contributed by atoms with E-state index in [9.17, 15) is 4.79 Å². The fourth-order valence-corrected chi connectivity index (χ4v) is 2.78. The summed E-state index contributed by atoms with van der Waals surface area (Å²) >= 11 is 0. The number of imidazole rings is 1. The molecule has 130 valence electrons. The summed E-state index contributed by atoms with van der Waals surface area (Å²) in [6, 6.07) is 13.9. The monoisotopic (exact) mass is 337 g/mol. The molecule has 3 aromatic rings. The van der Waals surface area contributed by atoms with Crippen molar-refractivity contribution in [2.75, 3.05) is 13.2 Å². The van der Waals surface area contributed by atoms with Crippen molar-refractivity contribution in [3.05, 3.63) is 59.4 Å². The third-order valence-corrected chi connectivity index (χ3v) is 4.36. The second-order valence-electron chi connectivity index (χ2n) is 6.20. The second kappa shape index (κ2) is 7.38. The van der Waals surface area contributed by atoms with Crippen molar-refractivity contribution in [3.63, 3.8) is 0 Å². The molecular formula is C20H23N3O2. The second-order valence-corrected chi connectivity index (χ2v) is 6.20. The Balaban J connectivity index is 1.49. The van der Waals surface area contributed by atoms with Gasteiger partial charge in [-0.3, -0.25) is 4.79 Å². The summed E-state index contributed by atoms with van der Waals surface area (Å²) in [5.74, 6) is 1.63. The van der Waals surface area contributed by atoms with Crippen LogP contribution in [0, 0.1) is 13.8 Å². The third kappa shape index (κ3) is 3.99. The fraction of sp³-hybridized carbons (Fsp3) is 0.300. The third-order valence-electron chi connectivity index (χ3n) is 4.36. The molecule has 0 fully saturated rings. The van der Waals surface area contributed by atoms with Crippen LogP contribution in [0.5, 0.6) is 5.75 Å². The first kappa shape index (κ1) is 17.0. The number of hydrogen-bond acceptors (Lipinski definition) is 3. The van der Waals surface area contributed by atoms with E-state index in [1.165, 1.54) is 0 Å². The lowest BCUT2D eigenvalue weighted by molar-refractivity contribution is -0.123. The van der Waals surface area contributed by atoms with Crippen LogP contribution in [0.25, 0.3) is 11.0 Å². The highest BCUT2D eigenvalue weighted by Crippen LogP contribution is 2.17. The number of amides is 1. The van der Waals surface area contributed by atoms with Gasteiger partial charge in [0.05, 0.1) is 11.0 Å². The maximum Gasteiger partial charge on any atom is 0.257 e. The Morgan fingerprint density at radius 1 is 1.20 bits per heavy atom. The van der Waals surface area contributed by atoms with E-state index in [2.05, 4.69) is 33.1 Å². The van der Waals surface area contributed by atoms with Gasteiger partial charge in [-0.05, 0) is 49.6 Å². The van der Waals surface area contributed by atoms with Gasteiger partial charge in [-0.25, -0.2) is 4.98 Å². The number of aryl methyl sites for hydroxylation is 3. The predicted octanol–water partition coefficient (Wildman–Crippen LogP) is 2.93. The molecule has 0 saturated heterocycles. The van der Waals surface area contributed by atoms with Crippen LogP contribution in [0.1, 0.15) is 17.0 Å². The normalized spacial score (nSPS) is 10.8. The summed E-state index contributed by atoms with van der Waals surface area (Å²) in [5.41, 5.74) is 4.30. The maximum atomic E-state index is 11.9. The Bertz CT molecular complexity index is 899. The summed E-state index contributed by atoms with van der Waals surface area (Å²) in [7, 11) is 2.01. The molecule has 2 aromatic carbocycles. The van der Waals surface area contributed by atoms with Gasteiger partial charge < -0.3 is 14.6 Å². The molecule has 1 aromatic heterocycles. The fourth-order valence-electron chi connectivity index (χ4n) is 2.78. The van der Waals surface area contributed by atoms with Gasteiger partial charge in [0.25, 0.3) is 5.91 Å². The zero-order valence-electron chi connectivity index (χ0n) is 14.9. The highest BCUT2D eigenvalue weighted by molar-refractivity contribution is 5.78. The van der Waals surface area contributed by atoms with Gasteiger partial charge in [0.15, 0.2) is 6.61 Å². The first-order valence-corrected chi connectivity index (χ1v) is 8.41. The minimum Gasteiger partial charge on any atom is -0.484 e. The summed E-state index contributed by atoms with van der Waals surface area (Å²) < 4.78 is 7.62. The smallest absolute Gasteiger partial charge is 0.257 e. The molecule has 0 saturated carbocycles. The number of fused-ring (bicyclic) bond motifs is 1. The quantitative estimate of drug-likeness (QED) is 0.752. The largest absolute Gasteiger partial charge is 0.484 e. The minimum atomic E-state index is -0.113. The van der Waals surface area contributed by atoms with E-state index >= 15 is 0 Å². The number of ether oxygens (including phenoxy) is 1. The molecule has 0 spiro atoms. The lowest BCUT2D eigenvalue weighted by atomic mass is 10.1. The van der Waals surface area contributed by atoms with Gasteiger partial charge in [-0.1, -0.05) is 24.3 Å². The number of aromatic nitrogens is 2. The average molecular weight is 337 g/mol. The van der Waals surface area contributed by atoms with E-state index < -0.39 is 0 Å². The molecule has 1 amide bonds. The summed E-state index contributed by atoms with van der Waals surface area (Å²) in [6.07, 6.45) is 0.766. The standard InChI is InChI=1S/C20H23N3O2/c1-14-6-4-5-7-19(14)25-13-20(24)21-11-10-16-8-9-18-17(12-16)22-15(2)23(18)3/h4-9,12H,10-11,13H2,1-3H3,(H,21,24). The molecule has 5 heteroatoms. The molecule has 0 radical (unpaired) electrons. The molecule has 0 unspecified atom stereocenters. The minimum absolute atomic E-state index is 0.0311. The van der Waals surface area contributed by atoms with Gasteiger partial charge in [0, 0.05) is 13.6 Å². The number of para-hydroxylation sites is 1. The predicted molar refractivity (Wildman–Crippen MR) is 98.8 cm³/mol. The van der Waals surface area contributed by atoms with Crippen LogP contribution in [0.4, 0.5) is 0 Å². The zero-order chi connectivity index (χ0) is 17.8. The van der Waals surface area contributed by atoms with E-state index in [4.69, 9.17) is 4.74 Å². The maximum absolute atomic E-state index is 11.9. The molecule has 1 N–H and O–H groups in total. The Hall–Kier alpha value is -2.82. The Morgan fingerprint density at radius 2 is 2.00 bits per heavy atom. The van der Waals surface area contributed by atoms with E-state index in [1.807, 2.05) is 45.2 Å². The molecule has 0 bridgehead atoms. The average Bonchev–Trinajstić information content (AvgIpc) is 2.88. The van der Waals surface area contributed by atoms with Gasteiger partial charge >= 0.3 is 0 Å². The Kier molecular flexibility index (Phi) is 5.03. The van der Waals surface area contributed by atoms with E-state index in [-0.39, 0.29) is 12.5 Å². The topological polar surface area (TPSA) is 56.1 Å². The summed E-state index contributed by atoms with van der Waals surface area (Å²) in [6.45, 7) is 4.56. The highest BCUT2D eigenvalue weighted by Gasteiger charge is 2.06. The Labute approximate surface area is 147 Å². The van der Waals surface area contributed by atoms with Gasteiger partial charge in [-0.2, -0.15) is 0 Å². The van der Waals surface area contributed by atoms with Crippen LogP contribution in [0.2, 0.25) is 0 Å².